The number of nitriles is 1. The summed E-state index contributed by atoms with van der Waals surface area (Å²) in [6.07, 6.45) is 7.13. The molecule has 2 unspecified atom stereocenters. The molecule has 2 fully saturated rings. The summed E-state index contributed by atoms with van der Waals surface area (Å²) in [5, 5.41) is 12.3. The van der Waals surface area contributed by atoms with Gasteiger partial charge in [0.05, 0.1) is 30.4 Å². The quantitative estimate of drug-likeness (QED) is 0.224. The zero-order chi connectivity index (χ0) is 27.9. The molecule has 2 aliphatic rings. The van der Waals surface area contributed by atoms with Gasteiger partial charge in [-0.2, -0.15) is 5.26 Å². The van der Waals surface area contributed by atoms with Crippen molar-refractivity contribution in [3.63, 3.8) is 0 Å². The minimum absolute atomic E-state index is 0.533. The molecule has 0 radical (unpaired) electrons. The Morgan fingerprint density at radius 2 is 1.59 bits per heavy atom. The smallest absolute Gasteiger partial charge is 0.216 e. The van der Waals surface area contributed by atoms with Gasteiger partial charge in [-0.3, -0.25) is 4.90 Å². The lowest BCUT2D eigenvalue weighted by Crippen LogP contribution is -2.47. The highest BCUT2D eigenvalue weighted by molar-refractivity contribution is 6.14. The largest absolute Gasteiger partial charge is 0.454 e. The van der Waals surface area contributed by atoms with Gasteiger partial charge in [0.15, 0.2) is 6.20 Å². The minimum atomic E-state index is 0.533. The molecule has 0 bridgehead atoms. The Bertz CT molecular complexity index is 1770. The zero-order valence-corrected chi connectivity index (χ0v) is 23.9. The number of morpholine rings is 1. The minimum Gasteiger partial charge on any atom is -0.454 e. The zero-order valence-electron chi connectivity index (χ0n) is 23.9. The van der Waals surface area contributed by atoms with Crippen LogP contribution in [0.2, 0.25) is 0 Å². The van der Waals surface area contributed by atoms with Crippen LogP contribution in [-0.4, -0.2) is 37.2 Å². The first kappa shape index (κ1) is 26.0. The van der Waals surface area contributed by atoms with Crippen LogP contribution in [0.4, 0.5) is 0 Å². The summed E-state index contributed by atoms with van der Waals surface area (Å²) in [5.74, 6) is 0.533. The van der Waals surface area contributed by atoms with Gasteiger partial charge in [-0.05, 0) is 60.6 Å². The van der Waals surface area contributed by atoms with E-state index < -0.39 is 0 Å². The molecule has 1 aliphatic heterocycles. The molecule has 5 aromatic rings. The first-order valence-corrected chi connectivity index (χ1v) is 14.9. The number of benzene rings is 3. The third-order valence-corrected chi connectivity index (χ3v) is 9.32. The summed E-state index contributed by atoms with van der Waals surface area (Å²) in [4.78, 5) is 2.65. The predicted octanol–water partition coefficient (Wildman–Crippen LogP) is 7.28. The van der Waals surface area contributed by atoms with E-state index in [1.54, 1.807) is 0 Å². The van der Waals surface area contributed by atoms with Gasteiger partial charge < -0.3 is 9.15 Å². The SMILES string of the molecule is Cc1ccc2c(oc3c(-c4ccc(C5CCCCC5N5CCOCC5)cc4)c(C#N)ccc32)c1-c1cccc[n+]1C. The molecule has 5 nitrogen and oxygen atoms in total. The van der Waals surface area contributed by atoms with E-state index in [9.17, 15) is 5.26 Å². The van der Waals surface area contributed by atoms with Crippen molar-refractivity contribution in [3.05, 3.63) is 89.6 Å². The van der Waals surface area contributed by atoms with Crippen LogP contribution in [-0.2, 0) is 11.8 Å². The number of aromatic nitrogens is 1. The number of hydrogen-bond donors (Lipinski definition) is 0. The van der Waals surface area contributed by atoms with Crippen LogP contribution >= 0.6 is 0 Å². The molecule has 1 saturated heterocycles. The van der Waals surface area contributed by atoms with Crippen molar-refractivity contribution in [2.75, 3.05) is 26.3 Å². The van der Waals surface area contributed by atoms with E-state index in [0.717, 1.165) is 76.2 Å². The summed E-state index contributed by atoms with van der Waals surface area (Å²) in [6, 6.07) is 26.5. The predicted molar refractivity (Wildman–Crippen MR) is 163 cm³/mol. The van der Waals surface area contributed by atoms with Gasteiger partial charge in [0.1, 0.15) is 18.2 Å². The molecule has 206 valence electrons. The summed E-state index contributed by atoms with van der Waals surface area (Å²) < 4.78 is 14.5. The molecule has 1 saturated carbocycles. The first-order valence-electron chi connectivity index (χ1n) is 14.9. The maximum absolute atomic E-state index is 10.2. The molecule has 1 aliphatic carbocycles. The Hall–Kier alpha value is -3.98. The van der Waals surface area contributed by atoms with Gasteiger partial charge in [0.25, 0.3) is 0 Å². The van der Waals surface area contributed by atoms with Gasteiger partial charge in [0.2, 0.25) is 5.69 Å². The lowest BCUT2D eigenvalue weighted by Gasteiger charge is -2.42. The van der Waals surface area contributed by atoms with E-state index in [4.69, 9.17) is 9.15 Å². The van der Waals surface area contributed by atoms with Gasteiger partial charge in [-0.15, -0.1) is 0 Å². The average Bonchev–Trinajstić information content (AvgIpc) is 3.40. The molecule has 41 heavy (non-hydrogen) atoms. The molecule has 0 amide bonds. The Balaban J connectivity index is 1.34. The monoisotopic (exact) mass is 542 g/mol. The summed E-state index contributed by atoms with van der Waals surface area (Å²) >= 11 is 0. The van der Waals surface area contributed by atoms with Gasteiger partial charge in [-0.1, -0.05) is 49.2 Å². The van der Waals surface area contributed by atoms with Crippen molar-refractivity contribution < 1.29 is 13.7 Å². The highest BCUT2D eigenvalue weighted by Gasteiger charge is 2.32. The first-order chi connectivity index (χ1) is 20.1. The second kappa shape index (κ2) is 10.8. The number of aryl methyl sites for hydroxylation is 2. The summed E-state index contributed by atoms with van der Waals surface area (Å²) in [5.41, 5.74) is 8.93. The fourth-order valence-corrected chi connectivity index (χ4v) is 7.23. The van der Waals surface area contributed by atoms with Crippen molar-refractivity contribution in [3.8, 4) is 28.5 Å². The third-order valence-electron chi connectivity index (χ3n) is 9.32. The van der Waals surface area contributed by atoms with E-state index in [1.165, 1.54) is 31.2 Å². The molecule has 2 atom stereocenters. The second-order valence-corrected chi connectivity index (χ2v) is 11.6. The lowest BCUT2D eigenvalue weighted by molar-refractivity contribution is -0.660. The topological polar surface area (TPSA) is 53.3 Å². The molecular weight excluding hydrogens is 506 g/mol. The number of nitrogens with zero attached hydrogens (tertiary/aromatic N) is 3. The Kier molecular flexibility index (Phi) is 6.82. The Labute approximate surface area is 241 Å². The standard InChI is InChI=1S/C36H36N3O2/c1-24-10-16-29-30-17-15-27(23-37)34(36(30)41-35(29)33(24)32-9-5-6-18-38(32)2)26-13-11-25(12-14-26)28-7-3-4-8-31(28)39-19-21-40-22-20-39/h5-6,9-18,28,31H,3-4,7-8,19-22H2,1-2H3/q+1. The van der Waals surface area contributed by atoms with Crippen molar-refractivity contribution in [2.24, 2.45) is 7.05 Å². The van der Waals surface area contributed by atoms with Crippen molar-refractivity contribution >= 4 is 21.9 Å². The van der Waals surface area contributed by atoms with E-state index in [2.05, 4.69) is 84.2 Å². The average molecular weight is 543 g/mol. The fraction of sp³-hybridized carbons (Fsp3) is 0.333. The highest BCUT2D eigenvalue weighted by Crippen LogP contribution is 2.43. The molecule has 0 N–H and O–H groups in total. The van der Waals surface area contributed by atoms with Crippen molar-refractivity contribution in [1.29, 1.82) is 5.26 Å². The van der Waals surface area contributed by atoms with E-state index >= 15 is 0 Å². The molecule has 7 rings (SSSR count). The summed E-state index contributed by atoms with van der Waals surface area (Å²) in [7, 11) is 2.06. The molecule has 2 aromatic heterocycles. The molecule has 5 heteroatoms. The number of furan rings is 1. The van der Waals surface area contributed by atoms with Gasteiger partial charge in [0, 0.05) is 47.6 Å². The van der Waals surface area contributed by atoms with Crippen LogP contribution < -0.4 is 4.57 Å². The van der Waals surface area contributed by atoms with Crippen LogP contribution in [0.15, 0.2) is 77.3 Å². The number of ether oxygens (including phenoxy) is 1. The number of pyridine rings is 1. The van der Waals surface area contributed by atoms with Gasteiger partial charge in [-0.25, -0.2) is 4.57 Å². The van der Waals surface area contributed by atoms with Crippen LogP contribution in [0.5, 0.6) is 0 Å². The fourth-order valence-electron chi connectivity index (χ4n) is 7.23. The Morgan fingerprint density at radius 3 is 2.34 bits per heavy atom. The van der Waals surface area contributed by atoms with Gasteiger partial charge >= 0.3 is 0 Å². The van der Waals surface area contributed by atoms with Crippen LogP contribution in [0.25, 0.3) is 44.3 Å². The molecule has 3 aromatic carbocycles. The maximum Gasteiger partial charge on any atom is 0.216 e. The maximum atomic E-state index is 10.2. The number of rotatable bonds is 4. The lowest BCUT2D eigenvalue weighted by atomic mass is 9.78. The van der Waals surface area contributed by atoms with Crippen LogP contribution in [0.1, 0.15) is 48.3 Å². The van der Waals surface area contributed by atoms with E-state index in [-0.39, 0.29) is 0 Å². The molecule has 3 heterocycles. The third kappa shape index (κ3) is 4.52. The van der Waals surface area contributed by atoms with Crippen LogP contribution in [0, 0.1) is 18.3 Å². The normalized spacial score (nSPS) is 19.9. The molecular formula is C36H36N3O2+. The van der Waals surface area contributed by atoms with Crippen molar-refractivity contribution in [1.82, 2.24) is 4.90 Å². The van der Waals surface area contributed by atoms with E-state index in [1.807, 2.05) is 18.2 Å². The second-order valence-electron chi connectivity index (χ2n) is 11.6. The summed E-state index contributed by atoms with van der Waals surface area (Å²) in [6.45, 7) is 5.86. The Morgan fingerprint density at radius 1 is 0.854 bits per heavy atom. The van der Waals surface area contributed by atoms with Crippen molar-refractivity contribution in [2.45, 2.75) is 44.6 Å². The number of hydrogen-bond acceptors (Lipinski definition) is 4. The number of fused-ring (bicyclic) bond motifs is 3. The van der Waals surface area contributed by atoms with Crippen LogP contribution in [0.3, 0.4) is 0 Å². The van der Waals surface area contributed by atoms with E-state index in [0.29, 0.717) is 17.5 Å². The molecule has 0 spiro atoms. The highest BCUT2D eigenvalue weighted by atomic mass is 16.5.